The molecule has 1 rings (SSSR count). The van der Waals surface area contributed by atoms with E-state index in [2.05, 4.69) is 0 Å². The van der Waals surface area contributed by atoms with Gasteiger partial charge in [-0.25, -0.2) is 4.39 Å². The van der Waals surface area contributed by atoms with Gasteiger partial charge in [0.15, 0.2) is 5.78 Å². The van der Waals surface area contributed by atoms with Crippen molar-refractivity contribution in [3.63, 3.8) is 0 Å². The lowest BCUT2D eigenvalue weighted by Crippen LogP contribution is -2.24. The zero-order valence-electron chi connectivity index (χ0n) is 10.8. The van der Waals surface area contributed by atoms with E-state index in [1.54, 1.807) is 13.0 Å². The third-order valence-corrected chi connectivity index (χ3v) is 2.36. The van der Waals surface area contributed by atoms with Gasteiger partial charge in [-0.3, -0.25) is 4.79 Å². The molecule has 0 spiro atoms. The number of halogens is 1. The Morgan fingerprint density at radius 3 is 2.53 bits per heavy atom. The predicted octanol–water partition coefficient (Wildman–Crippen LogP) is 3.06. The Morgan fingerprint density at radius 2 is 2.00 bits per heavy atom. The van der Waals surface area contributed by atoms with Crippen molar-refractivity contribution in [3.8, 4) is 0 Å². The highest BCUT2D eigenvalue weighted by molar-refractivity contribution is 5.82. The number of carbonyl (C=O) groups is 1. The molecule has 0 saturated heterocycles. The summed E-state index contributed by atoms with van der Waals surface area (Å²) >= 11 is 0. The lowest BCUT2D eigenvalue weighted by atomic mass is 10.0. The molecule has 0 N–H and O–H groups in total. The lowest BCUT2D eigenvalue weighted by molar-refractivity contribution is -0.127. The second-order valence-electron chi connectivity index (χ2n) is 5.19. The quantitative estimate of drug-likeness (QED) is 0.805. The third-order valence-electron chi connectivity index (χ3n) is 2.36. The van der Waals surface area contributed by atoms with Gasteiger partial charge in [-0.1, -0.05) is 6.07 Å². The summed E-state index contributed by atoms with van der Waals surface area (Å²) in [6, 6.07) is 4.47. The molecule has 2 nitrogen and oxygen atoms in total. The number of ketones is 1. The first-order valence-electron chi connectivity index (χ1n) is 5.68. The van der Waals surface area contributed by atoms with Crippen LogP contribution in [0.4, 0.5) is 4.39 Å². The maximum absolute atomic E-state index is 12.9. The molecule has 3 heteroatoms. The molecule has 17 heavy (non-hydrogen) atoms. The minimum atomic E-state index is -0.312. The highest BCUT2D eigenvalue weighted by Gasteiger charge is 2.13. The van der Waals surface area contributed by atoms with E-state index >= 15 is 0 Å². The van der Waals surface area contributed by atoms with Gasteiger partial charge in [-0.2, -0.15) is 0 Å². The summed E-state index contributed by atoms with van der Waals surface area (Å²) in [7, 11) is 0. The van der Waals surface area contributed by atoms with Crippen LogP contribution >= 0.6 is 0 Å². The number of ether oxygens (including phenoxy) is 1. The minimum absolute atomic E-state index is 0.00892. The zero-order valence-corrected chi connectivity index (χ0v) is 10.8. The number of hydrogen-bond acceptors (Lipinski definition) is 2. The van der Waals surface area contributed by atoms with E-state index in [4.69, 9.17) is 4.74 Å². The average Bonchev–Trinajstić information content (AvgIpc) is 2.18. The second-order valence-corrected chi connectivity index (χ2v) is 5.19. The van der Waals surface area contributed by atoms with Crippen LogP contribution in [0, 0.1) is 12.7 Å². The van der Waals surface area contributed by atoms with Crippen LogP contribution in [0.2, 0.25) is 0 Å². The van der Waals surface area contributed by atoms with Gasteiger partial charge in [-0.15, -0.1) is 0 Å². The van der Waals surface area contributed by atoms with Crippen molar-refractivity contribution >= 4 is 5.78 Å². The lowest BCUT2D eigenvalue weighted by Gasteiger charge is -2.18. The van der Waals surface area contributed by atoms with E-state index in [0.717, 1.165) is 11.1 Å². The molecule has 0 amide bonds. The molecule has 0 radical (unpaired) electrons. The van der Waals surface area contributed by atoms with Gasteiger partial charge < -0.3 is 4.74 Å². The first kappa shape index (κ1) is 13.8. The molecule has 0 heterocycles. The first-order valence-corrected chi connectivity index (χ1v) is 5.68. The summed E-state index contributed by atoms with van der Waals surface area (Å²) in [6.07, 6.45) is 0.294. The molecule has 0 aromatic heterocycles. The summed E-state index contributed by atoms with van der Waals surface area (Å²) in [5, 5.41) is 0. The van der Waals surface area contributed by atoms with Crippen LogP contribution in [0.3, 0.4) is 0 Å². The number of Topliss-reactive ketones (excluding diaryl/α,β-unsaturated/α-hetero) is 1. The maximum atomic E-state index is 12.9. The fraction of sp³-hybridized carbons (Fsp3) is 0.500. The minimum Gasteiger partial charge on any atom is -0.368 e. The highest BCUT2D eigenvalue weighted by atomic mass is 19.1. The molecular formula is C14H19FO2. The van der Waals surface area contributed by atoms with E-state index in [1.807, 2.05) is 20.8 Å². The van der Waals surface area contributed by atoms with Crippen LogP contribution in [0.15, 0.2) is 18.2 Å². The average molecular weight is 238 g/mol. The predicted molar refractivity (Wildman–Crippen MR) is 65.6 cm³/mol. The van der Waals surface area contributed by atoms with Crippen molar-refractivity contribution in [2.24, 2.45) is 0 Å². The van der Waals surface area contributed by atoms with Crippen molar-refractivity contribution in [3.05, 3.63) is 35.1 Å². The number of carbonyl (C=O) groups excluding carboxylic acids is 1. The molecule has 0 aliphatic carbocycles. The Kier molecular flexibility index (Phi) is 4.40. The second kappa shape index (κ2) is 5.41. The van der Waals surface area contributed by atoms with Gasteiger partial charge in [0.25, 0.3) is 0 Å². The van der Waals surface area contributed by atoms with Gasteiger partial charge in [-0.05, 0) is 51.0 Å². The van der Waals surface area contributed by atoms with E-state index in [-0.39, 0.29) is 23.8 Å². The fourth-order valence-corrected chi connectivity index (χ4v) is 1.42. The SMILES string of the molecule is Cc1cc(F)ccc1CC(=O)COC(C)(C)C. The molecule has 0 aliphatic rings. The van der Waals surface area contributed by atoms with Gasteiger partial charge in [0.2, 0.25) is 0 Å². The van der Waals surface area contributed by atoms with Crippen molar-refractivity contribution < 1.29 is 13.9 Å². The van der Waals surface area contributed by atoms with Gasteiger partial charge in [0.1, 0.15) is 12.4 Å². The molecule has 94 valence electrons. The Bertz CT molecular complexity index is 405. The maximum Gasteiger partial charge on any atom is 0.162 e. The number of aryl methyl sites for hydroxylation is 1. The molecule has 0 aliphatic heterocycles. The molecular weight excluding hydrogens is 219 g/mol. The molecule has 0 bridgehead atoms. The van der Waals surface area contributed by atoms with Gasteiger partial charge in [0, 0.05) is 6.42 Å². The van der Waals surface area contributed by atoms with E-state index in [9.17, 15) is 9.18 Å². The van der Waals surface area contributed by atoms with Crippen LogP contribution < -0.4 is 0 Å². The molecule has 1 aromatic carbocycles. The topological polar surface area (TPSA) is 26.3 Å². The standard InChI is InChI=1S/C14H19FO2/c1-10-7-12(15)6-5-11(10)8-13(16)9-17-14(2,3)4/h5-7H,8-9H2,1-4H3. The van der Waals surface area contributed by atoms with Crippen molar-refractivity contribution in [2.45, 2.75) is 39.7 Å². The van der Waals surface area contributed by atoms with E-state index in [1.165, 1.54) is 12.1 Å². The Hall–Kier alpha value is -1.22. The largest absolute Gasteiger partial charge is 0.368 e. The number of hydrogen-bond donors (Lipinski definition) is 0. The van der Waals surface area contributed by atoms with E-state index < -0.39 is 0 Å². The Morgan fingerprint density at radius 1 is 1.35 bits per heavy atom. The zero-order chi connectivity index (χ0) is 13.1. The van der Waals surface area contributed by atoms with E-state index in [0.29, 0.717) is 6.42 Å². The first-order chi connectivity index (χ1) is 7.78. The van der Waals surface area contributed by atoms with Gasteiger partial charge in [0.05, 0.1) is 5.60 Å². The summed E-state index contributed by atoms with van der Waals surface area (Å²) in [4.78, 5) is 11.7. The summed E-state index contributed by atoms with van der Waals surface area (Å²) < 4.78 is 18.3. The summed E-state index contributed by atoms with van der Waals surface area (Å²) in [5.41, 5.74) is 1.34. The third kappa shape index (κ3) is 5.09. The number of benzene rings is 1. The van der Waals surface area contributed by atoms with Crippen LogP contribution in [-0.2, 0) is 16.0 Å². The summed E-state index contributed by atoms with van der Waals surface area (Å²) in [6.45, 7) is 7.62. The van der Waals surface area contributed by atoms with Crippen molar-refractivity contribution in [1.29, 1.82) is 0 Å². The number of rotatable bonds is 4. The Balaban J connectivity index is 2.57. The highest BCUT2D eigenvalue weighted by Crippen LogP contribution is 2.12. The van der Waals surface area contributed by atoms with Crippen LogP contribution in [0.25, 0.3) is 0 Å². The van der Waals surface area contributed by atoms with Crippen molar-refractivity contribution in [2.75, 3.05) is 6.61 Å². The van der Waals surface area contributed by atoms with Crippen LogP contribution in [0.1, 0.15) is 31.9 Å². The molecule has 0 unspecified atom stereocenters. The van der Waals surface area contributed by atoms with Crippen LogP contribution in [0.5, 0.6) is 0 Å². The fourth-order valence-electron chi connectivity index (χ4n) is 1.42. The molecule has 0 fully saturated rings. The molecule has 0 atom stereocenters. The van der Waals surface area contributed by atoms with Crippen LogP contribution in [-0.4, -0.2) is 18.0 Å². The Labute approximate surface area is 102 Å². The van der Waals surface area contributed by atoms with Crippen molar-refractivity contribution in [1.82, 2.24) is 0 Å². The smallest absolute Gasteiger partial charge is 0.162 e. The molecule has 0 saturated carbocycles. The monoisotopic (exact) mass is 238 g/mol. The summed E-state index contributed by atoms with van der Waals surface area (Å²) in [5.74, 6) is -0.265. The van der Waals surface area contributed by atoms with Gasteiger partial charge >= 0.3 is 0 Å². The normalized spacial score (nSPS) is 11.6. The molecule has 1 aromatic rings.